The molecule has 0 saturated carbocycles. The molecule has 3 aromatic carbocycles. The van der Waals surface area contributed by atoms with Crippen molar-refractivity contribution >= 4 is 11.5 Å². The number of nitrogens with zero attached hydrogens (tertiary/aromatic N) is 1. The molecule has 0 fully saturated rings. The zero-order valence-electron chi connectivity index (χ0n) is 22.2. The zero-order chi connectivity index (χ0) is 28.6. The van der Waals surface area contributed by atoms with Crippen LogP contribution in [-0.4, -0.2) is 49.3 Å². The first-order valence-electron chi connectivity index (χ1n) is 12.2. The van der Waals surface area contributed by atoms with Gasteiger partial charge in [-0.3, -0.25) is 4.90 Å². The fourth-order valence-corrected chi connectivity index (χ4v) is 3.60. The van der Waals surface area contributed by atoms with Gasteiger partial charge in [0.25, 0.3) is 0 Å². The Morgan fingerprint density at radius 2 is 1.77 bits per heavy atom. The van der Waals surface area contributed by atoms with Crippen molar-refractivity contribution in [3.8, 4) is 23.3 Å². The smallest absolute Gasteiger partial charge is 0.416 e. The van der Waals surface area contributed by atoms with Gasteiger partial charge in [0.2, 0.25) is 0 Å². The van der Waals surface area contributed by atoms with Gasteiger partial charge in [-0.15, -0.1) is 0 Å². The van der Waals surface area contributed by atoms with Crippen molar-refractivity contribution in [2.24, 2.45) is 0 Å². The van der Waals surface area contributed by atoms with Crippen LogP contribution in [0.3, 0.4) is 0 Å². The molecule has 1 N–H and O–H groups in total. The molecule has 0 saturated heterocycles. The molecular formula is C31H30F3NO4. The van der Waals surface area contributed by atoms with Crippen LogP contribution in [0.2, 0.25) is 0 Å². The van der Waals surface area contributed by atoms with Crippen molar-refractivity contribution in [3.05, 3.63) is 101 Å². The van der Waals surface area contributed by atoms with E-state index in [0.717, 1.165) is 23.3 Å². The maximum absolute atomic E-state index is 13.4. The summed E-state index contributed by atoms with van der Waals surface area (Å²) < 4.78 is 51.6. The summed E-state index contributed by atoms with van der Waals surface area (Å²) in [6.07, 6.45) is -3.74. The van der Waals surface area contributed by atoms with Gasteiger partial charge in [0.15, 0.2) is 6.10 Å². The number of hydrogen-bond acceptors (Lipinski definition) is 4. The SMILES string of the molecule is Cc1cc(OCC=C(c2ccc(C#CCN(C)C)cc2)c2cccc(C(F)(F)F)c2)ccc1OC(C)C(=O)O. The van der Waals surface area contributed by atoms with Gasteiger partial charge in [0, 0.05) is 5.56 Å². The second kappa shape index (κ2) is 13.0. The van der Waals surface area contributed by atoms with Crippen molar-refractivity contribution in [2.45, 2.75) is 26.1 Å². The maximum atomic E-state index is 13.4. The molecule has 204 valence electrons. The predicted molar refractivity (Wildman–Crippen MR) is 145 cm³/mol. The van der Waals surface area contributed by atoms with Gasteiger partial charge >= 0.3 is 12.1 Å². The molecule has 1 unspecified atom stereocenters. The summed E-state index contributed by atoms with van der Waals surface area (Å²) in [4.78, 5) is 13.0. The minimum atomic E-state index is -4.47. The number of aryl methyl sites for hydroxylation is 1. The first kappa shape index (κ1) is 29.3. The van der Waals surface area contributed by atoms with E-state index in [-0.39, 0.29) is 6.61 Å². The van der Waals surface area contributed by atoms with Crippen LogP contribution in [0.1, 0.15) is 34.7 Å². The summed E-state index contributed by atoms with van der Waals surface area (Å²) in [5.74, 6) is 5.99. The van der Waals surface area contributed by atoms with Crippen molar-refractivity contribution < 1.29 is 32.5 Å². The summed E-state index contributed by atoms with van der Waals surface area (Å²) >= 11 is 0. The molecule has 0 amide bonds. The average Bonchev–Trinajstić information content (AvgIpc) is 2.88. The number of carboxylic acid groups (broad SMARTS) is 1. The highest BCUT2D eigenvalue weighted by molar-refractivity contribution is 5.80. The van der Waals surface area contributed by atoms with Crippen LogP contribution in [0.25, 0.3) is 5.57 Å². The van der Waals surface area contributed by atoms with Crippen LogP contribution in [0.4, 0.5) is 13.2 Å². The van der Waals surface area contributed by atoms with Crippen LogP contribution in [0, 0.1) is 18.8 Å². The normalized spacial score (nSPS) is 12.5. The molecule has 0 bridgehead atoms. The lowest BCUT2D eigenvalue weighted by Gasteiger charge is -2.15. The molecule has 3 aromatic rings. The number of carboxylic acids is 1. The Bertz CT molecular complexity index is 1380. The van der Waals surface area contributed by atoms with Crippen LogP contribution >= 0.6 is 0 Å². The Hall–Kier alpha value is -4.22. The zero-order valence-corrected chi connectivity index (χ0v) is 22.2. The highest BCUT2D eigenvalue weighted by Gasteiger charge is 2.30. The number of carbonyl (C=O) groups is 1. The van der Waals surface area contributed by atoms with E-state index in [1.807, 2.05) is 43.3 Å². The predicted octanol–water partition coefficient (Wildman–Crippen LogP) is 6.29. The number of benzene rings is 3. The van der Waals surface area contributed by atoms with Crippen LogP contribution in [-0.2, 0) is 11.0 Å². The van der Waals surface area contributed by atoms with Gasteiger partial charge in [0.1, 0.15) is 18.1 Å². The summed E-state index contributed by atoms with van der Waals surface area (Å²) in [6.45, 7) is 3.90. The maximum Gasteiger partial charge on any atom is 0.416 e. The van der Waals surface area contributed by atoms with Gasteiger partial charge < -0.3 is 14.6 Å². The van der Waals surface area contributed by atoms with Crippen molar-refractivity contribution in [1.82, 2.24) is 4.90 Å². The fourth-order valence-electron chi connectivity index (χ4n) is 3.60. The highest BCUT2D eigenvalue weighted by atomic mass is 19.4. The summed E-state index contributed by atoms with van der Waals surface area (Å²) in [7, 11) is 3.85. The molecule has 39 heavy (non-hydrogen) atoms. The molecular weight excluding hydrogens is 507 g/mol. The quantitative estimate of drug-likeness (QED) is 0.325. The third-order valence-electron chi connectivity index (χ3n) is 5.66. The first-order chi connectivity index (χ1) is 18.4. The van der Waals surface area contributed by atoms with E-state index in [1.165, 1.54) is 13.0 Å². The molecule has 1 atom stereocenters. The monoisotopic (exact) mass is 537 g/mol. The molecule has 0 radical (unpaired) electrons. The van der Waals surface area contributed by atoms with Gasteiger partial charge in [-0.25, -0.2) is 4.79 Å². The molecule has 8 heteroatoms. The van der Waals surface area contributed by atoms with E-state index in [0.29, 0.717) is 34.7 Å². The van der Waals surface area contributed by atoms with E-state index >= 15 is 0 Å². The van der Waals surface area contributed by atoms with Crippen LogP contribution in [0.15, 0.2) is 72.8 Å². The lowest BCUT2D eigenvalue weighted by Crippen LogP contribution is -2.23. The lowest BCUT2D eigenvalue weighted by molar-refractivity contribution is -0.144. The molecule has 0 aromatic heterocycles. The summed E-state index contributed by atoms with van der Waals surface area (Å²) in [5, 5.41) is 9.05. The number of rotatable bonds is 9. The number of alkyl halides is 3. The van der Waals surface area contributed by atoms with Crippen LogP contribution in [0.5, 0.6) is 11.5 Å². The Balaban J connectivity index is 1.87. The van der Waals surface area contributed by atoms with E-state index in [1.54, 1.807) is 37.3 Å². The molecule has 0 aliphatic heterocycles. The number of ether oxygens (including phenoxy) is 2. The highest BCUT2D eigenvalue weighted by Crippen LogP contribution is 2.33. The van der Waals surface area contributed by atoms with E-state index in [2.05, 4.69) is 11.8 Å². The standard InChI is InChI=1S/C31H30F3NO4/c1-21-19-27(14-15-29(21)39-22(2)30(36)37)38-18-16-28(25-8-5-9-26(20-25)31(32,33)34)24-12-10-23(11-13-24)7-6-17-35(3)4/h5,8-16,19-20,22H,17-18H2,1-4H3,(H,36,37). The number of aliphatic carboxylic acids is 1. The minimum Gasteiger partial charge on any atom is -0.489 e. The van der Waals surface area contributed by atoms with Gasteiger partial charge in [-0.05, 0) is 98.7 Å². The topological polar surface area (TPSA) is 59.0 Å². The number of hydrogen-bond donors (Lipinski definition) is 1. The second-order valence-corrected chi connectivity index (χ2v) is 9.15. The Morgan fingerprint density at radius 1 is 1.05 bits per heavy atom. The van der Waals surface area contributed by atoms with Crippen molar-refractivity contribution in [1.29, 1.82) is 0 Å². The van der Waals surface area contributed by atoms with Crippen molar-refractivity contribution in [2.75, 3.05) is 27.2 Å². The largest absolute Gasteiger partial charge is 0.489 e. The second-order valence-electron chi connectivity index (χ2n) is 9.15. The Kier molecular flexibility index (Phi) is 9.80. The molecule has 0 spiro atoms. The Labute approximate surface area is 226 Å². The van der Waals surface area contributed by atoms with Gasteiger partial charge in [-0.2, -0.15) is 13.2 Å². The molecule has 3 rings (SSSR count). The third kappa shape index (κ3) is 8.66. The molecule has 0 aliphatic rings. The minimum absolute atomic E-state index is 0.0845. The fraction of sp³-hybridized carbons (Fsp3) is 0.258. The first-order valence-corrected chi connectivity index (χ1v) is 12.2. The molecule has 0 heterocycles. The van der Waals surface area contributed by atoms with Gasteiger partial charge in [-0.1, -0.05) is 36.1 Å². The lowest BCUT2D eigenvalue weighted by atomic mass is 9.95. The summed E-state index contributed by atoms with van der Waals surface area (Å²) in [6, 6.07) is 17.5. The van der Waals surface area contributed by atoms with Crippen LogP contribution < -0.4 is 9.47 Å². The average molecular weight is 538 g/mol. The Morgan fingerprint density at radius 3 is 2.38 bits per heavy atom. The third-order valence-corrected chi connectivity index (χ3v) is 5.66. The summed E-state index contributed by atoms with van der Waals surface area (Å²) in [5.41, 5.74) is 2.46. The van der Waals surface area contributed by atoms with E-state index in [4.69, 9.17) is 14.6 Å². The van der Waals surface area contributed by atoms with Gasteiger partial charge in [0.05, 0.1) is 12.1 Å². The number of halogens is 3. The molecule has 5 nitrogen and oxygen atoms in total. The molecule has 0 aliphatic carbocycles. The van der Waals surface area contributed by atoms with E-state index in [9.17, 15) is 18.0 Å². The van der Waals surface area contributed by atoms with E-state index < -0.39 is 23.8 Å². The van der Waals surface area contributed by atoms with Crippen molar-refractivity contribution in [3.63, 3.8) is 0 Å².